The molecule has 0 amide bonds. The lowest BCUT2D eigenvalue weighted by Crippen LogP contribution is -1.92. The normalized spacial score (nSPS) is 10.7. The van der Waals surface area contributed by atoms with E-state index in [1.807, 2.05) is 45.0 Å². The van der Waals surface area contributed by atoms with Gasteiger partial charge in [0.1, 0.15) is 16.4 Å². The first-order valence-electron chi connectivity index (χ1n) is 6.15. The van der Waals surface area contributed by atoms with Crippen LogP contribution in [-0.2, 0) is 0 Å². The van der Waals surface area contributed by atoms with Crippen molar-refractivity contribution in [1.82, 2.24) is 4.98 Å². The molecule has 0 saturated carbocycles. The van der Waals surface area contributed by atoms with E-state index in [0.29, 0.717) is 15.9 Å². The number of hydrogen-bond donors (Lipinski definition) is 1. The average molecular weight is 282 g/mol. The Morgan fingerprint density at radius 2 is 1.85 bits per heavy atom. The number of aromatic nitrogens is 1. The van der Waals surface area contributed by atoms with Gasteiger partial charge in [-0.2, -0.15) is 10.4 Å². The summed E-state index contributed by atoms with van der Waals surface area (Å²) in [7, 11) is 0. The van der Waals surface area contributed by atoms with Crippen molar-refractivity contribution < 1.29 is 0 Å². The van der Waals surface area contributed by atoms with E-state index in [0.717, 1.165) is 22.5 Å². The van der Waals surface area contributed by atoms with Gasteiger partial charge < -0.3 is 4.98 Å². The first-order valence-corrected chi connectivity index (χ1v) is 6.56. The number of benzene rings is 1. The van der Waals surface area contributed by atoms with Crippen LogP contribution in [0.1, 0.15) is 22.4 Å². The van der Waals surface area contributed by atoms with Gasteiger partial charge in [0.15, 0.2) is 0 Å². The van der Waals surface area contributed by atoms with Crippen molar-refractivity contribution >= 4 is 23.6 Å². The molecule has 0 spiro atoms. The molecule has 1 N–H and O–H groups in total. The van der Waals surface area contributed by atoms with Gasteiger partial charge in [-0.15, -0.1) is 5.11 Å². The molecule has 5 heteroatoms. The standard InChI is InChI=1S/C15H14N4S/c1-9-6-4-5-7-13(9)18-19-14-10(2)12(8-16)15(20)17-11(14)3/h4-7H,1-3H3,(H,17,20). The molecule has 1 aromatic carbocycles. The Kier molecular flexibility index (Phi) is 4.06. The smallest absolute Gasteiger partial charge is 0.121 e. The molecule has 20 heavy (non-hydrogen) atoms. The first kappa shape index (κ1) is 14.1. The fourth-order valence-electron chi connectivity index (χ4n) is 1.93. The van der Waals surface area contributed by atoms with Crippen molar-refractivity contribution in [1.29, 1.82) is 5.26 Å². The van der Waals surface area contributed by atoms with Gasteiger partial charge in [-0.05, 0) is 38.0 Å². The lowest BCUT2D eigenvalue weighted by molar-refractivity contribution is 1.09. The number of nitriles is 1. The molecular formula is C15H14N4S. The molecule has 0 radical (unpaired) electrons. The molecule has 0 bridgehead atoms. The van der Waals surface area contributed by atoms with Gasteiger partial charge in [-0.3, -0.25) is 0 Å². The number of rotatable bonds is 2. The third-order valence-electron chi connectivity index (χ3n) is 3.10. The van der Waals surface area contributed by atoms with Crippen LogP contribution < -0.4 is 0 Å². The molecule has 0 unspecified atom stereocenters. The van der Waals surface area contributed by atoms with Crippen LogP contribution >= 0.6 is 12.2 Å². The van der Waals surface area contributed by atoms with E-state index in [9.17, 15) is 0 Å². The molecule has 0 fully saturated rings. The Labute approximate surface area is 122 Å². The maximum Gasteiger partial charge on any atom is 0.121 e. The molecule has 1 heterocycles. The van der Waals surface area contributed by atoms with Crippen LogP contribution in [0.5, 0.6) is 0 Å². The number of hydrogen-bond acceptors (Lipinski definition) is 4. The Hall–Kier alpha value is -2.32. The molecule has 4 nitrogen and oxygen atoms in total. The van der Waals surface area contributed by atoms with Gasteiger partial charge in [0, 0.05) is 5.69 Å². The second-order valence-corrected chi connectivity index (χ2v) is 4.93. The van der Waals surface area contributed by atoms with Crippen LogP contribution in [0.2, 0.25) is 0 Å². The highest BCUT2D eigenvalue weighted by atomic mass is 32.1. The SMILES string of the molecule is Cc1ccccc1N=Nc1c(C)[nH]c(=S)c(C#N)c1C. The fourth-order valence-corrected chi connectivity index (χ4v) is 2.28. The molecule has 0 aliphatic heterocycles. The van der Waals surface area contributed by atoms with Crippen molar-refractivity contribution in [3.63, 3.8) is 0 Å². The summed E-state index contributed by atoms with van der Waals surface area (Å²) >= 11 is 5.13. The minimum absolute atomic E-state index is 0.442. The van der Waals surface area contributed by atoms with Crippen molar-refractivity contribution in [3.05, 3.63) is 51.3 Å². The van der Waals surface area contributed by atoms with Gasteiger partial charge in [0.2, 0.25) is 0 Å². The Balaban J connectivity index is 2.53. The second-order valence-electron chi connectivity index (χ2n) is 4.53. The Morgan fingerprint density at radius 3 is 2.50 bits per heavy atom. The molecular weight excluding hydrogens is 268 g/mol. The molecule has 0 aliphatic carbocycles. The van der Waals surface area contributed by atoms with Gasteiger partial charge in [-0.25, -0.2) is 0 Å². The van der Waals surface area contributed by atoms with E-state index in [1.54, 1.807) is 0 Å². The number of nitrogens with zero attached hydrogens (tertiary/aromatic N) is 3. The third kappa shape index (κ3) is 2.65. The molecule has 100 valence electrons. The number of H-pyrrole nitrogens is 1. The molecule has 2 aromatic rings. The monoisotopic (exact) mass is 282 g/mol. The summed E-state index contributed by atoms with van der Waals surface area (Å²) in [5.74, 6) is 0. The molecule has 0 atom stereocenters. The number of aromatic amines is 1. The number of nitrogens with one attached hydrogen (secondary N) is 1. The number of azo groups is 1. The van der Waals surface area contributed by atoms with Crippen LogP contribution in [-0.4, -0.2) is 4.98 Å². The molecule has 2 rings (SSSR count). The minimum Gasteiger partial charge on any atom is -0.347 e. The van der Waals surface area contributed by atoms with Gasteiger partial charge in [0.25, 0.3) is 0 Å². The fraction of sp³-hybridized carbons (Fsp3) is 0.200. The summed E-state index contributed by atoms with van der Waals surface area (Å²) in [5.41, 5.74) is 4.54. The second kappa shape index (κ2) is 5.76. The summed E-state index contributed by atoms with van der Waals surface area (Å²) in [6.07, 6.45) is 0. The third-order valence-corrected chi connectivity index (χ3v) is 3.40. The zero-order valence-corrected chi connectivity index (χ0v) is 12.4. The van der Waals surface area contributed by atoms with Gasteiger partial charge >= 0.3 is 0 Å². The highest BCUT2D eigenvalue weighted by molar-refractivity contribution is 7.71. The molecule has 0 saturated heterocycles. The topological polar surface area (TPSA) is 64.3 Å². The molecule has 0 aliphatic rings. The predicted molar refractivity (Wildman–Crippen MR) is 81.2 cm³/mol. The van der Waals surface area contributed by atoms with Gasteiger partial charge in [0.05, 0.1) is 11.3 Å². The quantitative estimate of drug-likeness (QED) is 0.625. The number of aryl methyl sites for hydroxylation is 2. The van der Waals surface area contributed by atoms with Crippen molar-refractivity contribution in [2.45, 2.75) is 20.8 Å². The maximum atomic E-state index is 9.14. The summed E-state index contributed by atoms with van der Waals surface area (Å²) < 4.78 is 0.442. The van der Waals surface area contributed by atoms with Crippen LogP contribution in [0.4, 0.5) is 11.4 Å². The zero-order valence-electron chi connectivity index (χ0n) is 11.6. The van der Waals surface area contributed by atoms with E-state index < -0.39 is 0 Å². The van der Waals surface area contributed by atoms with Gasteiger partial charge in [-0.1, -0.05) is 30.4 Å². The predicted octanol–water partition coefficient (Wildman–Crippen LogP) is 4.96. The summed E-state index contributed by atoms with van der Waals surface area (Å²) in [6.45, 7) is 5.69. The lowest BCUT2D eigenvalue weighted by Gasteiger charge is -2.06. The average Bonchev–Trinajstić information content (AvgIpc) is 2.40. The van der Waals surface area contributed by atoms with E-state index in [4.69, 9.17) is 17.5 Å². The first-order chi connectivity index (χ1) is 9.54. The van der Waals surface area contributed by atoms with Crippen LogP contribution in [0, 0.1) is 36.7 Å². The summed E-state index contributed by atoms with van der Waals surface area (Å²) in [5, 5.41) is 17.7. The van der Waals surface area contributed by atoms with Crippen LogP contribution in [0.15, 0.2) is 34.5 Å². The van der Waals surface area contributed by atoms with Crippen LogP contribution in [0.3, 0.4) is 0 Å². The Morgan fingerprint density at radius 1 is 1.15 bits per heavy atom. The van der Waals surface area contributed by atoms with E-state index in [2.05, 4.69) is 21.3 Å². The molecule has 1 aromatic heterocycles. The largest absolute Gasteiger partial charge is 0.347 e. The summed E-state index contributed by atoms with van der Waals surface area (Å²) in [4.78, 5) is 2.99. The zero-order chi connectivity index (χ0) is 14.7. The van der Waals surface area contributed by atoms with E-state index >= 15 is 0 Å². The van der Waals surface area contributed by atoms with Crippen molar-refractivity contribution in [2.24, 2.45) is 10.2 Å². The van der Waals surface area contributed by atoms with E-state index in [1.165, 1.54) is 0 Å². The lowest BCUT2D eigenvalue weighted by atomic mass is 10.1. The van der Waals surface area contributed by atoms with Crippen molar-refractivity contribution in [3.8, 4) is 6.07 Å². The maximum absolute atomic E-state index is 9.14. The highest BCUT2D eigenvalue weighted by Crippen LogP contribution is 2.28. The van der Waals surface area contributed by atoms with Crippen LogP contribution in [0.25, 0.3) is 0 Å². The van der Waals surface area contributed by atoms with E-state index in [-0.39, 0.29) is 0 Å². The number of pyridine rings is 1. The minimum atomic E-state index is 0.442. The van der Waals surface area contributed by atoms with Crippen molar-refractivity contribution in [2.75, 3.05) is 0 Å². The Bertz CT molecular complexity index is 781. The summed E-state index contributed by atoms with van der Waals surface area (Å²) in [6, 6.07) is 9.86. The highest BCUT2D eigenvalue weighted by Gasteiger charge is 2.09.